The number of nitrogens with one attached hydrogen (secondary N) is 1. The highest BCUT2D eigenvalue weighted by Crippen LogP contribution is 2.21. The van der Waals surface area contributed by atoms with E-state index < -0.39 is 11.6 Å². The van der Waals surface area contributed by atoms with Crippen molar-refractivity contribution in [1.29, 1.82) is 0 Å². The molecule has 120 valence electrons. The first-order valence-corrected chi connectivity index (χ1v) is 7.72. The minimum Gasteiger partial charge on any atom is -0.327 e. The van der Waals surface area contributed by atoms with Gasteiger partial charge in [-0.2, -0.15) is 0 Å². The second-order valence-electron chi connectivity index (χ2n) is 5.55. The fourth-order valence-electron chi connectivity index (χ4n) is 2.77. The molecule has 0 saturated carbocycles. The van der Waals surface area contributed by atoms with E-state index in [0.717, 1.165) is 29.5 Å². The molecule has 0 spiro atoms. The molecule has 1 atom stereocenters. The molecule has 5 heteroatoms. The van der Waals surface area contributed by atoms with E-state index in [-0.39, 0.29) is 6.04 Å². The van der Waals surface area contributed by atoms with Gasteiger partial charge in [0.1, 0.15) is 5.82 Å². The average molecular weight is 315 g/mol. The maximum Gasteiger partial charge on any atom is 0.159 e. The molecule has 0 aliphatic carbocycles. The topological polar surface area (TPSA) is 29.9 Å². The molecule has 0 amide bonds. The number of fused-ring (bicyclic) bond motifs is 1. The predicted molar refractivity (Wildman–Crippen MR) is 87.0 cm³/mol. The Bertz CT molecular complexity index is 826. The van der Waals surface area contributed by atoms with Crippen LogP contribution in [0.25, 0.3) is 11.0 Å². The van der Waals surface area contributed by atoms with Crippen LogP contribution >= 0.6 is 0 Å². The van der Waals surface area contributed by atoms with Crippen molar-refractivity contribution in [2.75, 3.05) is 0 Å². The van der Waals surface area contributed by atoms with Crippen molar-refractivity contribution >= 4 is 11.0 Å². The smallest absolute Gasteiger partial charge is 0.159 e. The van der Waals surface area contributed by atoms with Gasteiger partial charge in [-0.25, -0.2) is 13.8 Å². The third-order valence-electron chi connectivity index (χ3n) is 3.98. The number of imidazole rings is 1. The molecule has 0 bridgehead atoms. The van der Waals surface area contributed by atoms with Crippen LogP contribution in [0.2, 0.25) is 0 Å². The third-order valence-corrected chi connectivity index (χ3v) is 3.98. The van der Waals surface area contributed by atoms with Crippen LogP contribution in [0.15, 0.2) is 42.5 Å². The van der Waals surface area contributed by atoms with Gasteiger partial charge in [0, 0.05) is 13.1 Å². The molecule has 1 N–H and O–H groups in total. The van der Waals surface area contributed by atoms with Gasteiger partial charge in [0.25, 0.3) is 0 Å². The quantitative estimate of drug-likeness (QED) is 0.765. The van der Waals surface area contributed by atoms with Crippen LogP contribution in [0.1, 0.15) is 31.3 Å². The molecule has 23 heavy (non-hydrogen) atoms. The summed E-state index contributed by atoms with van der Waals surface area (Å²) in [5.74, 6) is -0.705. The third kappa shape index (κ3) is 3.10. The maximum absolute atomic E-state index is 13.3. The summed E-state index contributed by atoms with van der Waals surface area (Å²) in [6.45, 7) is 5.38. The zero-order valence-electron chi connectivity index (χ0n) is 13.2. The van der Waals surface area contributed by atoms with Gasteiger partial charge >= 0.3 is 0 Å². The Morgan fingerprint density at radius 1 is 1.13 bits per heavy atom. The number of benzene rings is 2. The SMILES string of the molecule is CCn1c(C(C)NCc2ccc(F)c(F)c2)nc2ccccc21. The number of para-hydroxylation sites is 2. The highest BCUT2D eigenvalue weighted by atomic mass is 19.2. The molecule has 0 saturated heterocycles. The summed E-state index contributed by atoms with van der Waals surface area (Å²) in [7, 11) is 0. The van der Waals surface area contributed by atoms with Crippen LogP contribution in [0.4, 0.5) is 8.78 Å². The number of hydrogen-bond acceptors (Lipinski definition) is 2. The van der Waals surface area contributed by atoms with Crippen molar-refractivity contribution in [2.24, 2.45) is 0 Å². The van der Waals surface area contributed by atoms with E-state index in [1.54, 1.807) is 6.07 Å². The number of halogens is 2. The number of aryl methyl sites for hydroxylation is 1. The summed E-state index contributed by atoms with van der Waals surface area (Å²) in [5.41, 5.74) is 2.77. The fraction of sp³-hybridized carbons (Fsp3) is 0.278. The molecule has 3 nitrogen and oxygen atoms in total. The monoisotopic (exact) mass is 315 g/mol. The molecule has 0 fully saturated rings. The molecule has 0 aliphatic rings. The Morgan fingerprint density at radius 3 is 2.65 bits per heavy atom. The van der Waals surface area contributed by atoms with Crippen LogP contribution in [0.5, 0.6) is 0 Å². The van der Waals surface area contributed by atoms with Crippen molar-refractivity contribution in [2.45, 2.75) is 33.0 Å². The molecular weight excluding hydrogens is 296 g/mol. The van der Waals surface area contributed by atoms with E-state index in [0.29, 0.717) is 12.1 Å². The van der Waals surface area contributed by atoms with Crippen molar-refractivity contribution in [3.63, 3.8) is 0 Å². The number of aromatic nitrogens is 2. The first-order valence-electron chi connectivity index (χ1n) is 7.72. The second kappa shape index (κ2) is 6.46. The number of nitrogens with zero attached hydrogens (tertiary/aromatic N) is 2. The predicted octanol–water partition coefficient (Wildman–Crippen LogP) is 4.19. The largest absolute Gasteiger partial charge is 0.327 e. The Hall–Kier alpha value is -2.27. The fourth-order valence-corrected chi connectivity index (χ4v) is 2.77. The molecule has 1 unspecified atom stereocenters. The van der Waals surface area contributed by atoms with Crippen molar-refractivity contribution in [1.82, 2.24) is 14.9 Å². The zero-order chi connectivity index (χ0) is 16.4. The lowest BCUT2D eigenvalue weighted by molar-refractivity contribution is 0.499. The van der Waals surface area contributed by atoms with Gasteiger partial charge in [0.05, 0.1) is 17.1 Å². The zero-order valence-corrected chi connectivity index (χ0v) is 13.2. The van der Waals surface area contributed by atoms with Gasteiger partial charge in [-0.15, -0.1) is 0 Å². The first-order chi connectivity index (χ1) is 11.1. The van der Waals surface area contributed by atoms with E-state index in [2.05, 4.69) is 22.9 Å². The Balaban J connectivity index is 1.80. The number of hydrogen-bond donors (Lipinski definition) is 1. The van der Waals surface area contributed by atoms with Gasteiger partial charge < -0.3 is 9.88 Å². The molecule has 1 heterocycles. The van der Waals surface area contributed by atoms with Crippen molar-refractivity contribution in [3.8, 4) is 0 Å². The summed E-state index contributed by atoms with van der Waals surface area (Å²) in [6, 6.07) is 12.0. The van der Waals surface area contributed by atoms with Gasteiger partial charge in [-0.3, -0.25) is 0 Å². The van der Waals surface area contributed by atoms with Crippen LogP contribution in [0, 0.1) is 11.6 Å². The summed E-state index contributed by atoms with van der Waals surface area (Å²) >= 11 is 0. The van der Waals surface area contributed by atoms with Gasteiger partial charge in [0.15, 0.2) is 11.6 Å². The molecule has 0 aliphatic heterocycles. The Labute approximate surface area is 134 Å². The van der Waals surface area contributed by atoms with Gasteiger partial charge in [-0.1, -0.05) is 18.2 Å². The van der Waals surface area contributed by atoms with E-state index >= 15 is 0 Å². The standard InChI is InChI=1S/C18H19F2N3/c1-3-23-17-7-5-4-6-16(17)22-18(23)12(2)21-11-13-8-9-14(19)15(20)10-13/h4-10,12,21H,3,11H2,1-2H3. The van der Waals surface area contributed by atoms with Crippen LogP contribution in [-0.4, -0.2) is 9.55 Å². The molecule has 3 aromatic rings. The van der Waals surface area contributed by atoms with E-state index in [4.69, 9.17) is 4.98 Å². The summed E-state index contributed by atoms with van der Waals surface area (Å²) < 4.78 is 28.4. The van der Waals surface area contributed by atoms with E-state index in [9.17, 15) is 8.78 Å². The van der Waals surface area contributed by atoms with Crippen LogP contribution < -0.4 is 5.32 Å². The molecule has 1 aromatic heterocycles. The lowest BCUT2D eigenvalue weighted by atomic mass is 10.2. The normalized spacial score (nSPS) is 12.7. The van der Waals surface area contributed by atoms with Crippen molar-refractivity contribution < 1.29 is 8.78 Å². The highest BCUT2D eigenvalue weighted by Gasteiger charge is 2.15. The Morgan fingerprint density at radius 2 is 1.91 bits per heavy atom. The first kappa shape index (κ1) is 15.6. The van der Waals surface area contributed by atoms with Crippen molar-refractivity contribution in [3.05, 3.63) is 65.5 Å². The number of rotatable bonds is 5. The second-order valence-corrected chi connectivity index (χ2v) is 5.55. The minimum absolute atomic E-state index is 0.00420. The molecule has 3 rings (SSSR count). The lowest BCUT2D eigenvalue weighted by Crippen LogP contribution is -2.21. The van der Waals surface area contributed by atoms with E-state index in [1.165, 1.54) is 6.07 Å². The average Bonchev–Trinajstić information content (AvgIpc) is 2.94. The van der Waals surface area contributed by atoms with E-state index in [1.807, 2.05) is 25.1 Å². The van der Waals surface area contributed by atoms with Crippen LogP contribution in [-0.2, 0) is 13.1 Å². The lowest BCUT2D eigenvalue weighted by Gasteiger charge is -2.15. The highest BCUT2D eigenvalue weighted by molar-refractivity contribution is 5.76. The minimum atomic E-state index is -0.824. The Kier molecular flexibility index (Phi) is 4.39. The summed E-state index contributed by atoms with van der Waals surface area (Å²) in [6.07, 6.45) is 0. The molecule has 2 aromatic carbocycles. The summed E-state index contributed by atoms with van der Waals surface area (Å²) in [4.78, 5) is 4.69. The molecule has 0 radical (unpaired) electrons. The maximum atomic E-state index is 13.3. The summed E-state index contributed by atoms with van der Waals surface area (Å²) in [5, 5.41) is 3.33. The molecular formula is C18H19F2N3. The van der Waals surface area contributed by atoms with Crippen LogP contribution in [0.3, 0.4) is 0 Å². The van der Waals surface area contributed by atoms with Gasteiger partial charge in [0.2, 0.25) is 0 Å². The van der Waals surface area contributed by atoms with Gasteiger partial charge in [-0.05, 0) is 43.7 Å².